The number of hydrogen-bond acceptors (Lipinski definition) is 0. The summed E-state index contributed by atoms with van der Waals surface area (Å²) in [6.45, 7) is 7.36. The minimum absolute atomic E-state index is 0.977. The molecule has 0 heterocycles. The molecule has 0 aromatic rings. The molecule has 0 N–H and O–H groups in total. The van der Waals surface area contributed by atoms with Gasteiger partial charge in [0, 0.05) is 0 Å². The van der Waals surface area contributed by atoms with Crippen molar-refractivity contribution in [1.29, 1.82) is 0 Å². The van der Waals surface area contributed by atoms with Gasteiger partial charge >= 0.3 is 111 Å². The normalized spacial score (nSPS) is 18.6. The molecule has 1 rings (SSSR count). The van der Waals surface area contributed by atoms with Gasteiger partial charge < -0.3 is 0 Å². The molecule has 1 fully saturated rings. The van der Waals surface area contributed by atoms with Gasteiger partial charge in [0.2, 0.25) is 0 Å². The van der Waals surface area contributed by atoms with Gasteiger partial charge in [0.25, 0.3) is 0 Å². The van der Waals surface area contributed by atoms with Crippen LogP contribution in [-0.4, -0.2) is 19.8 Å². The fraction of sp³-hybridized carbons (Fsp3) is 1.00. The molecule has 1 aliphatic carbocycles. The van der Waals surface area contributed by atoms with Crippen LogP contribution >= 0.6 is 0 Å². The van der Waals surface area contributed by atoms with E-state index in [2.05, 4.69) is 20.8 Å². The van der Waals surface area contributed by atoms with Crippen molar-refractivity contribution in [3.8, 4) is 0 Å². The van der Waals surface area contributed by atoms with Crippen LogP contribution in [0.25, 0.3) is 0 Å². The van der Waals surface area contributed by atoms with Crippen LogP contribution in [-0.2, 0) is 0 Å². The van der Waals surface area contributed by atoms with Crippen LogP contribution in [0.3, 0.4) is 0 Å². The summed E-state index contributed by atoms with van der Waals surface area (Å²) in [5, 5.41) is 0. The Morgan fingerprint density at radius 3 is 2.31 bits per heavy atom. The summed E-state index contributed by atoms with van der Waals surface area (Å²) in [6, 6.07) is 0. The summed E-state index contributed by atoms with van der Waals surface area (Å²) in [6.07, 6.45) is 12.2. The topological polar surface area (TPSA) is 0 Å². The molecule has 0 bridgehead atoms. The van der Waals surface area contributed by atoms with Gasteiger partial charge in [-0.25, -0.2) is 0 Å². The molecule has 0 nitrogen and oxygen atoms in total. The third-order valence-corrected chi connectivity index (χ3v) is 14.4. The van der Waals surface area contributed by atoms with Gasteiger partial charge in [-0.05, 0) is 0 Å². The van der Waals surface area contributed by atoms with Crippen LogP contribution in [0.1, 0.15) is 72.1 Å². The first-order valence-corrected chi connectivity index (χ1v) is 13.3. The Morgan fingerprint density at radius 2 is 1.75 bits per heavy atom. The standard InChI is InChI=1S/C8H15.C4H9.C3H7.Sn/c1-2-8-6-4-3-5-7-8;1-3-4-2;1-3-2;/h8H,1-7H2;1,3-4H2,2H3;3H,1-2H3;. The van der Waals surface area contributed by atoms with E-state index in [-0.39, 0.29) is 0 Å². The van der Waals surface area contributed by atoms with E-state index in [4.69, 9.17) is 0 Å². The fourth-order valence-electron chi connectivity index (χ4n) is 2.97. The van der Waals surface area contributed by atoms with Gasteiger partial charge in [0.15, 0.2) is 0 Å². The summed E-state index contributed by atoms with van der Waals surface area (Å²) >= 11 is -0.977. The molecule has 1 aliphatic rings. The van der Waals surface area contributed by atoms with Crippen molar-refractivity contribution in [1.82, 2.24) is 0 Å². The summed E-state index contributed by atoms with van der Waals surface area (Å²) < 4.78 is 4.46. The average Bonchev–Trinajstić information content (AvgIpc) is 2.30. The van der Waals surface area contributed by atoms with E-state index in [0.717, 1.165) is 9.85 Å². The zero-order chi connectivity index (χ0) is 11.8. The molecular weight excluding hydrogens is 299 g/mol. The molecule has 1 heteroatoms. The van der Waals surface area contributed by atoms with Crippen LogP contribution in [0.5, 0.6) is 0 Å². The average molecular weight is 330 g/mol. The Balaban J connectivity index is 2.19. The van der Waals surface area contributed by atoms with E-state index in [1.54, 1.807) is 28.1 Å². The first-order chi connectivity index (χ1) is 7.74. The predicted molar refractivity (Wildman–Crippen MR) is 76.6 cm³/mol. The predicted octanol–water partition coefficient (Wildman–Crippen LogP) is 5.66. The quantitative estimate of drug-likeness (QED) is 0.528. The van der Waals surface area contributed by atoms with Crippen LogP contribution in [0, 0.1) is 5.92 Å². The number of hydrogen-bond donors (Lipinski definition) is 0. The summed E-state index contributed by atoms with van der Waals surface area (Å²) in [4.78, 5) is 0. The fourth-order valence-corrected chi connectivity index (χ4v) is 11.5. The third-order valence-electron chi connectivity index (χ3n) is 4.27. The monoisotopic (exact) mass is 331 g/mol. The van der Waals surface area contributed by atoms with Gasteiger partial charge in [0.05, 0.1) is 0 Å². The first kappa shape index (κ1) is 14.9. The molecule has 0 aromatic carbocycles. The summed E-state index contributed by atoms with van der Waals surface area (Å²) in [7, 11) is 0. The zero-order valence-corrected chi connectivity index (χ0v) is 14.6. The van der Waals surface area contributed by atoms with Crippen LogP contribution in [0.4, 0.5) is 0 Å². The number of rotatable bonds is 7. The zero-order valence-electron chi connectivity index (χ0n) is 11.7. The molecule has 1 saturated carbocycles. The molecule has 0 amide bonds. The minimum atomic E-state index is -0.977. The Kier molecular flexibility index (Phi) is 8.20. The van der Waals surface area contributed by atoms with Crippen molar-refractivity contribution in [2.75, 3.05) is 0 Å². The molecule has 0 saturated heterocycles. The molecular formula is C15H31Sn. The second-order valence-electron chi connectivity index (χ2n) is 5.96. The summed E-state index contributed by atoms with van der Waals surface area (Å²) in [5.41, 5.74) is 0. The van der Waals surface area contributed by atoms with Crippen molar-refractivity contribution in [2.24, 2.45) is 5.92 Å². The Labute approximate surface area is 110 Å². The molecule has 0 aliphatic heterocycles. The molecule has 0 atom stereocenters. The second-order valence-corrected chi connectivity index (χ2v) is 15.9. The van der Waals surface area contributed by atoms with E-state index in [1.807, 2.05) is 0 Å². The van der Waals surface area contributed by atoms with Crippen LogP contribution in [0.15, 0.2) is 0 Å². The Hall–Kier alpha value is 0.799. The van der Waals surface area contributed by atoms with Crippen molar-refractivity contribution < 1.29 is 0 Å². The molecule has 1 radical (unpaired) electrons. The maximum absolute atomic E-state index is 2.51. The van der Waals surface area contributed by atoms with E-state index < -0.39 is 19.8 Å². The Morgan fingerprint density at radius 1 is 1.06 bits per heavy atom. The van der Waals surface area contributed by atoms with E-state index in [0.29, 0.717) is 0 Å². The SMILES string of the molecule is CCC[CH2][Sn]([CH2]CC1CCCCC1)[CH](C)C. The third kappa shape index (κ3) is 5.93. The first-order valence-electron chi connectivity index (χ1n) is 7.58. The summed E-state index contributed by atoms with van der Waals surface area (Å²) in [5.74, 6) is 1.13. The molecule has 0 aromatic heterocycles. The molecule has 0 unspecified atom stereocenters. The van der Waals surface area contributed by atoms with E-state index >= 15 is 0 Å². The maximum atomic E-state index is 2.51. The van der Waals surface area contributed by atoms with Gasteiger partial charge in [0.1, 0.15) is 0 Å². The van der Waals surface area contributed by atoms with Crippen molar-refractivity contribution in [2.45, 2.75) is 84.9 Å². The van der Waals surface area contributed by atoms with Gasteiger partial charge in [-0.3, -0.25) is 0 Å². The Bertz CT molecular complexity index is 159. The van der Waals surface area contributed by atoms with Crippen LogP contribution < -0.4 is 0 Å². The van der Waals surface area contributed by atoms with Crippen LogP contribution in [0.2, 0.25) is 12.8 Å². The molecule has 95 valence electrons. The number of unbranched alkanes of at least 4 members (excludes halogenated alkanes) is 1. The van der Waals surface area contributed by atoms with Crippen molar-refractivity contribution >= 4 is 19.8 Å². The van der Waals surface area contributed by atoms with Gasteiger partial charge in [-0.1, -0.05) is 0 Å². The van der Waals surface area contributed by atoms with Gasteiger partial charge in [-0.15, -0.1) is 0 Å². The van der Waals surface area contributed by atoms with Crippen molar-refractivity contribution in [3.63, 3.8) is 0 Å². The van der Waals surface area contributed by atoms with E-state index in [9.17, 15) is 0 Å². The molecule has 0 spiro atoms. The van der Waals surface area contributed by atoms with E-state index in [1.165, 1.54) is 32.1 Å². The van der Waals surface area contributed by atoms with Gasteiger partial charge in [-0.2, -0.15) is 0 Å². The van der Waals surface area contributed by atoms with Crippen molar-refractivity contribution in [3.05, 3.63) is 0 Å². The second kappa shape index (κ2) is 8.83. The molecule has 16 heavy (non-hydrogen) atoms.